The van der Waals surface area contributed by atoms with Gasteiger partial charge in [-0.3, -0.25) is 4.98 Å². The van der Waals surface area contributed by atoms with Crippen LogP contribution in [0, 0.1) is 0 Å². The van der Waals surface area contributed by atoms with Crippen molar-refractivity contribution in [2.75, 3.05) is 5.75 Å². The molecule has 2 aromatic rings. The Hall–Kier alpha value is -1.39. The first-order valence-corrected chi connectivity index (χ1v) is 8.87. The monoisotopic (exact) mass is 323 g/mol. The fourth-order valence-electron chi connectivity index (χ4n) is 2.14. The molecule has 0 atom stereocenters. The van der Waals surface area contributed by atoms with Crippen LogP contribution in [0.1, 0.15) is 32.4 Å². The van der Waals surface area contributed by atoms with E-state index in [-0.39, 0.29) is 11.7 Å². The van der Waals surface area contributed by atoms with Gasteiger partial charge in [-0.2, -0.15) is 0 Å². The number of aromatic nitrogens is 1. The van der Waals surface area contributed by atoms with Gasteiger partial charge in [0.15, 0.2) is 9.84 Å². The van der Waals surface area contributed by atoms with Crippen LogP contribution in [0.2, 0.25) is 5.02 Å². The molecule has 1 aromatic carbocycles. The highest BCUT2D eigenvalue weighted by atomic mass is 35.5. The Morgan fingerprint density at radius 2 is 1.90 bits per heavy atom. The number of sulfone groups is 1. The maximum Gasteiger partial charge on any atom is 0.179 e. The summed E-state index contributed by atoms with van der Waals surface area (Å²) in [6.07, 6.45) is 1.69. The molecule has 1 heterocycles. The molecule has 0 spiro atoms. The highest BCUT2D eigenvalue weighted by Crippen LogP contribution is 2.31. The minimum atomic E-state index is -3.32. The quantitative estimate of drug-likeness (QED) is 0.841. The lowest BCUT2D eigenvalue weighted by Gasteiger charge is -2.14. The van der Waals surface area contributed by atoms with Crippen molar-refractivity contribution in [1.82, 2.24) is 4.98 Å². The van der Waals surface area contributed by atoms with E-state index in [1.165, 1.54) is 0 Å². The zero-order valence-corrected chi connectivity index (χ0v) is 13.9. The number of hydrogen-bond donors (Lipinski definition) is 0. The van der Waals surface area contributed by atoms with E-state index in [1.807, 2.05) is 32.0 Å². The molecule has 0 fully saturated rings. The number of pyridine rings is 1. The van der Waals surface area contributed by atoms with Crippen molar-refractivity contribution in [2.45, 2.75) is 31.6 Å². The van der Waals surface area contributed by atoms with Gasteiger partial charge in [0.05, 0.1) is 16.3 Å². The number of halogens is 1. The fraction of sp³-hybridized carbons (Fsp3) is 0.312. The van der Waals surface area contributed by atoms with Crippen LogP contribution in [0.3, 0.4) is 0 Å². The second kappa shape index (κ2) is 6.16. The van der Waals surface area contributed by atoms with Crippen molar-refractivity contribution < 1.29 is 8.42 Å². The zero-order valence-electron chi connectivity index (χ0n) is 12.3. The summed E-state index contributed by atoms with van der Waals surface area (Å²) in [6, 6.07) is 9.03. The SMILES string of the molecule is CCS(=O)(=O)c1cc(-c2ccccc2Cl)cnc1C(C)C. The number of benzene rings is 1. The van der Waals surface area contributed by atoms with E-state index in [0.29, 0.717) is 15.6 Å². The van der Waals surface area contributed by atoms with Crippen LogP contribution in [-0.4, -0.2) is 19.2 Å². The van der Waals surface area contributed by atoms with Gasteiger partial charge in [0.25, 0.3) is 0 Å². The van der Waals surface area contributed by atoms with E-state index in [0.717, 1.165) is 11.1 Å². The number of nitrogens with zero attached hydrogens (tertiary/aromatic N) is 1. The summed E-state index contributed by atoms with van der Waals surface area (Å²) < 4.78 is 24.6. The van der Waals surface area contributed by atoms with Crippen molar-refractivity contribution in [3.05, 3.63) is 47.2 Å². The van der Waals surface area contributed by atoms with Gasteiger partial charge in [-0.05, 0) is 18.1 Å². The number of rotatable bonds is 4. The Kier molecular flexibility index (Phi) is 4.69. The lowest BCUT2D eigenvalue weighted by atomic mass is 10.0. The molecular formula is C16H18ClNO2S. The van der Waals surface area contributed by atoms with Gasteiger partial charge in [0.2, 0.25) is 0 Å². The fourth-order valence-corrected chi connectivity index (χ4v) is 3.61. The lowest BCUT2D eigenvalue weighted by molar-refractivity contribution is 0.593. The van der Waals surface area contributed by atoms with E-state index in [2.05, 4.69) is 4.98 Å². The van der Waals surface area contributed by atoms with Crippen molar-refractivity contribution in [1.29, 1.82) is 0 Å². The van der Waals surface area contributed by atoms with Crippen molar-refractivity contribution in [2.24, 2.45) is 0 Å². The standard InChI is InChI=1S/C16H18ClNO2S/c1-4-21(19,20)15-9-12(10-18-16(15)11(2)3)13-7-5-6-8-14(13)17/h5-11H,4H2,1-3H3. The normalized spacial score (nSPS) is 11.9. The summed E-state index contributed by atoms with van der Waals surface area (Å²) in [5.74, 6) is 0.0991. The topological polar surface area (TPSA) is 47.0 Å². The van der Waals surface area contributed by atoms with Crippen molar-refractivity contribution in [3.63, 3.8) is 0 Å². The first-order chi connectivity index (χ1) is 9.86. The number of hydrogen-bond acceptors (Lipinski definition) is 3. The molecule has 112 valence electrons. The highest BCUT2D eigenvalue weighted by Gasteiger charge is 2.21. The molecule has 0 aliphatic carbocycles. The third-order valence-electron chi connectivity index (χ3n) is 3.33. The Labute approximate surface area is 130 Å². The third-order valence-corrected chi connectivity index (χ3v) is 5.42. The molecule has 0 saturated carbocycles. The predicted molar refractivity (Wildman–Crippen MR) is 86.5 cm³/mol. The Balaban J connectivity index is 2.69. The first-order valence-electron chi connectivity index (χ1n) is 6.84. The van der Waals surface area contributed by atoms with Crippen molar-refractivity contribution in [3.8, 4) is 11.1 Å². The predicted octanol–water partition coefficient (Wildman–Crippen LogP) is 4.32. The summed E-state index contributed by atoms with van der Waals surface area (Å²) in [5.41, 5.74) is 2.11. The van der Waals surface area contributed by atoms with Crippen LogP contribution < -0.4 is 0 Å². The molecule has 2 rings (SSSR count). The van der Waals surface area contributed by atoms with Gasteiger partial charge in [-0.25, -0.2) is 8.42 Å². The van der Waals surface area contributed by atoms with Crippen LogP contribution in [-0.2, 0) is 9.84 Å². The van der Waals surface area contributed by atoms with Gasteiger partial charge in [-0.15, -0.1) is 0 Å². The summed E-state index contributed by atoms with van der Waals surface area (Å²) in [4.78, 5) is 4.68. The summed E-state index contributed by atoms with van der Waals surface area (Å²) >= 11 is 6.18. The molecule has 0 unspecified atom stereocenters. The molecule has 5 heteroatoms. The maximum atomic E-state index is 12.3. The second-order valence-electron chi connectivity index (χ2n) is 5.15. The molecule has 0 saturated heterocycles. The Morgan fingerprint density at radius 1 is 1.24 bits per heavy atom. The maximum absolute atomic E-state index is 12.3. The largest absolute Gasteiger partial charge is 0.259 e. The molecule has 0 aliphatic rings. The minimum absolute atomic E-state index is 0.0432. The van der Waals surface area contributed by atoms with Gasteiger partial charge >= 0.3 is 0 Å². The van der Waals surface area contributed by atoms with Gasteiger partial charge in [-0.1, -0.05) is 50.6 Å². The zero-order chi connectivity index (χ0) is 15.6. The molecular weight excluding hydrogens is 306 g/mol. The van der Waals surface area contributed by atoms with Crippen molar-refractivity contribution >= 4 is 21.4 Å². The summed E-state index contributed by atoms with van der Waals surface area (Å²) in [6.45, 7) is 5.51. The smallest absolute Gasteiger partial charge is 0.179 e. The summed E-state index contributed by atoms with van der Waals surface area (Å²) in [5, 5.41) is 0.580. The van der Waals surface area contributed by atoms with Crippen LogP contribution in [0.4, 0.5) is 0 Å². The molecule has 0 radical (unpaired) electrons. The average Bonchev–Trinajstić information content (AvgIpc) is 2.47. The molecule has 1 aromatic heterocycles. The van der Waals surface area contributed by atoms with E-state index >= 15 is 0 Å². The van der Waals surface area contributed by atoms with Gasteiger partial charge in [0.1, 0.15) is 0 Å². The molecule has 21 heavy (non-hydrogen) atoms. The van der Waals surface area contributed by atoms with Crippen LogP contribution in [0.5, 0.6) is 0 Å². The average molecular weight is 324 g/mol. The molecule has 3 nitrogen and oxygen atoms in total. The molecule has 0 aliphatic heterocycles. The van der Waals surface area contributed by atoms with Crippen LogP contribution in [0.15, 0.2) is 41.4 Å². The first kappa shape index (κ1) is 16.0. The Morgan fingerprint density at radius 3 is 2.48 bits per heavy atom. The van der Waals surface area contributed by atoms with Gasteiger partial charge in [0, 0.05) is 22.3 Å². The lowest BCUT2D eigenvalue weighted by Crippen LogP contribution is -2.10. The summed E-state index contributed by atoms with van der Waals surface area (Å²) in [7, 11) is -3.32. The van der Waals surface area contributed by atoms with Crippen LogP contribution >= 0.6 is 11.6 Å². The highest BCUT2D eigenvalue weighted by molar-refractivity contribution is 7.91. The molecule has 0 amide bonds. The molecule has 0 bridgehead atoms. The third kappa shape index (κ3) is 3.27. The van der Waals surface area contributed by atoms with Crippen LogP contribution in [0.25, 0.3) is 11.1 Å². The second-order valence-corrected chi connectivity index (χ2v) is 7.80. The van der Waals surface area contributed by atoms with E-state index in [1.54, 1.807) is 25.3 Å². The van der Waals surface area contributed by atoms with E-state index < -0.39 is 9.84 Å². The Bertz CT molecular complexity index is 755. The van der Waals surface area contributed by atoms with Gasteiger partial charge < -0.3 is 0 Å². The van der Waals surface area contributed by atoms with E-state index in [9.17, 15) is 8.42 Å². The molecule has 0 N–H and O–H groups in total. The minimum Gasteiger partial charge on any atom is -0.259 e. The van der Waals surface area contributed by atoms with E-state index in [4.69, 9.17) is 11.6 Å².